The van der Waals surface area contributed by atoms with Gasteiger partial charge in [0.05, 0.1) is 10.9 Å². The maximum Gasteiger partial charge on any atom is 0.290 e. The molecule has 0 atom stereocenters. The molecule has 2 amide bonds. The van der Waals surface area contributed by atoms with E-state index >= 15 is 4.39 Å². The number of ether oxygens (including phenoxy) is 1. The van der Waals surface area contributed by atoms with E-state index in [4.69, 9.17) is 9.26 Å². The number of hydrogen-bond donors (Lipinski definition) is 1. The Kier molecular flexibility index (Phi) is 5.86. The summed E-state index contributed by atoms with van der Waals surface area (Å²) in [5.41, 5.74) is -0.133. The smallest absolute Gasteiger partial charge is 0.290 e. The second-order valence-corrected chi connectivity index (χ2v) is 9.69. The number of fused-ring (bicyclic) bond motifs is 2. The second kappa shape index (κ2) is 9.30. The highest BCUT2D eigenvalue weighted by Crippen LogP contribution is 2.48. The lowest BCUT2D eigenvalue weighted by Gasteiger charge is -2.23. The number of carbonyl (C=O) groups is 2. The number of carbonyl (C=O) groups excluding carboxylic acids is 2. The molecule has 1 N–H and O–H groups in total. The lowest BCUT2D eigenvalue weighted by Crippen LogP contribution is -2.41. The fourth-order valence-electron chi connectivity index (χ4n) is 4.64. The van der Waals surface area contributed by atoms with Gasteiger partial charge in [0.1, 0.15) is 17.0 Å². The van der Waals surface area contributed by atoms with Crippen LogP contribution in [-0.2, 0) is 16.6 Å². The largest absolute Gasteiger partial charge is 0.454 e. The van der Waals surface area contributed by atoms with E-state index in [9.17, 15) is 18.8 Å². The average Bonchev–Trinajstić information content (AvgIpc) is 3.71. The van der Waals surface area contributed by atoms with E-state index in [0.29, 0.717) is 40.4 Å². The number of aryl methyl sites for hydroxylation is 1. The van der Waals surface area contributed by atoms with Crippen LogP contribution in [0.3, 0.4) is 0 Å². The van der Waals surface area contributed by atoms with Crippen LogP contribution in [-0.4, -0.2) is 28.6 Å². The van der Waals surface area contributed by atoms with Crippen molar-refractivity contribution in [3.63, 3.8) is 0 Å². The number of aromatic nitrogens is 2. The molecule has 5 aromatic rings. The third-order valence-electron chi connectivity index (χ3n) is 7.08. The molecule has 1 aliphatic rings. The first-order chi connectivity index (χ1) is 19.2. The maximum atomic E-state index is 15.1. The summed E-state index contributed by atoms with van der Waals surface area (Å²) in [4.78, 5) is 44.1. The van der Waals surface area contributed by atoms with Crippen LogP contribution in [0, 0.1) is 17.0 Å². The van der Waals surface area contributed by atoms with Crippen molar-refractivity contribution in [2.24, 2.45) is 12.5 Å². The standard InChI is InChI=1S/C29H22F2N4O5/c1-34(18-6-3-16(30)4-7-18)28(38)29(10-11-29)27(37)33-17-5-8-24(21(31)13-17)39-23-9-12-32-22-15-25-20(14-19(22)23)26(36)35(2)40-25/h3-9,12-15H,10-11H2,1-2H3,(H,33,37). The van der Waals surface area contributed by atoms with Crippen LogP contribution in [0.15, 0.2) is 76.2 Å². The SMILES string of the molecule is CN(C(=O)C1(C(=O)Nc2ccc(Oc3ccnc4cc5on(C)c(=O)c5cc34)c(F)c2)CC1)c1ccc(F)cc1. The van der Waals surface area contributed by atoms with Gasteiger partial charge < -0.3 is 19.5 Å². The predicted octanol–water partition coefficient (Wildman–Crippen LogP) is 5.13. The zero-order valence-electron chi connectivity index (χ0n) is 21.4. The Morgan fingerprint density at radius 3 is 2.48 bits per heavy atom. The minimum atomic E-state index is -1.28. The van der Waals surface area contributed by atoms with Gasteiger partial charge in [-0.05, 0) is 61.4 Å². The van der Waals surface area contributed by atoms with E-state index < -0.39 is 28.9 Å². The molecule has 0 aliphatic heterocycles. The highest BCUT2D eigenvalue weighted by Gasteiger charge is 2.57. The first-order valence-corrected chi connectivity index (χ1v) is 12.4. The topological polar surface area (TPSA) is 107 Å². The van der Waals surface area contributed by atoms with Gasteiger partial charge in [-0.15, -0.1) is 0 Å². The van der Waals surface area contributed by atoms with Gasteiger partial charge >= 0.3 is 0 Å². The molecular weight excluding hydrogens is 522 g/mol. The molecule has 11 heteroatoms. The first-order valence-electron chi connectivity index (χ1n) is 12.4. The summed E-state index contributed by atoms with van der Waals surface area (Å²) < 4.78 is 40.7. The zero-order chi connectivity index (χ0) is 28.2. The van der Waals surface area contributed by atoms with Crippen LogP contribution in [0.5, 0.6) is 11.5 Å². The third-order valence-corrected chi connectivity index (χ3v) is 7.08. The average molecular weight is 545 g/mol. The van der Waals surface area contributed by atoms with Crippen molar-refractivity contribution in [1.82, 2.24) is 9.72 Å². The van der Waals surface area contributed by atoms with Gasteiger partial charge in [-0.2, -0.15) is 4.74 Å². The molecule has 2 aromatic heterocycles. The first kappa shape index (κ1) is 25.2. The summed E-state index contributed by atoms with van der Waals surface area (Å²) in [7, 11) is 3.02. The van der Waals surface area contributed by atoms with Gasteiger partial charge in [0.25, 0.3) is 5.56 Å². The Morgan fingerprint density at radius 1 is 1.02 bits per heavy atom. The fraction of sp³-hybridized carbons (Fsp3) is 0.172. The molecule has 0 unspecified atom stereocenters. The van der Waals surface area contributed by atoms with Crippen LogP contribution in [0.25, 0.3) is 21.9 Å². The Morgan fingerprint density at radius 2 is 1.77 bits per heavy atom. The summed E-state index contributed by atoms with van der Waals surface area (Å²) in [6.07, 6.45) is 2.18. The fourth-order valence-corrected chi connectivity index (χ4v) is 4.64. The maximum absolute atomic E-state index is 15.1. The van der Waals surface area contributed by atoms with Gasteiger partial charge in [-0.3, -0.25) is 19.4 Å². The van der Waals surface area contributed by atoms with Gasteiger partial charge in [-0.25, -0.2) is 8.78 Å². The molecule has 0 spiro atoms. The quantitative estimate of drug-likeness (QED) is 0.297. The van der Waals surface area contributed by atoms with Crippen molar-refractivity contribution >= 4 is 45.1 Å². The summed E-state index contributed by atoms with van der Waals surface area (Å²) >= 11 is 0. The molecular formula is C29H22F2N4O5. The number of anilines is 2. The molecule has 9 nitrogen and oxygen atoms in total. The van der Waals surface area contributed by atoms with Gasteiger partial charge in [0, 0.05) is 49.2 Å². The number of rotatable bonds is 6. The molecule has 3 aromatic carbocycles. The van der Waals surface area contributed by atoms with E-state index in [0.717, 1.165) is 10.8 Å². The number of pyridine rings is 1. The number of nitrogens with one attached hydrogen (secondary N) is 1. The summed E-state index contributed by atoms with van der Waals surface area (Å²) in [6, 6.07) is 14.1. The Balaban J connectivity index is 1.21. The third kappa shape index (κ3) is 4.25. The highest BCUT2D eigenvalue weighted by atomic mass is 19.1. The Bertz CT molecular complexity index is 1880. The number of halogens is 2. The van der Waals surface area contributed by atoms with Crippen molar-refractivity contribution in [2.75, 3.05) is 17.3 Å². The summed E-state index contributed by atoms with van der Waals surface area (Å²) in [6.45, 7) is 0. The Hall–Kier alpha value is -5.06. The van der Waals surface area contributed by atoms with Gasteiger partial charge in [0.15, 0.2) is 17.1 Å². The van der Waals surface area contributed by atoms with Gasteiger partial charge in [0.2, 0.25) is 11.8 Å². The van der Waals surface area contributed by atoms with Crippen LogP contribution in [0.4, 0.5) is 20.2 Å². The lowest BCUT2D eigenvalue weighted by atomic mass is 10.0. The molecule has 6 rings (SSSR count). The molecule has 0 saturated heterocycles. The summed E-state index contributed by atoms with van der Waals surface area (Å²) in [5, 5.41) is 3.46. The normalized spacial score (nSPS) is 13.8. The van der Waals surface area contributed by atoms with Crippen molar-refractivity contribution in [3.05, 3.63) is 88.8 Å². The van der Waals surface area contributed by atoms with Crippen molar-refractivity contribution < 1.29 is 27.6 Å². The van der Waals surface area contributed by atoms with E-state index in [-0.39, 0.29) is 22.7 Å². The Labute approximate surface area is 225 Å². The molecule has 1 fully saturated rings. The minimum Gasteiger partial charge on any atom is -0.454 e. The zero-order valence-corrected chi connectivity index (χ0v) is 21.4. The summed E-state index contributed by atoms with van der Waals surface area (Å²) in [5.74, 6) is -2.00. The number of amides is 2. The molecule has 1 aliphatic carbocycles. The van der Waals surface area contributed by atoms with Crippen LogP contribution < -0.4 is 20.5 Å². The predicted molar refractivity (Wildman–Crippen MR) is 143 cm³/mol. The van der Waals surface area contributed by atoms with Crippen LogP contribution in [0.2, 0.25) is 0 Å². The number of benzene rings is 3. The number of nitrogens with zero attached hydrogens (tertiary/aromatic N) is 3. The van der Waals surface area contributed by atoms with Gasteiger partial charge in [-0.1, -0.05) is 0 Å². The highest BCUT2D eigenvalue weighted by molar-refractivity contribution is 6.17. The van der Waals surface area contributed by atoms with E-state index in [1.54, 1.807) is 18.2 Å². The van der Waals surface area contributed by atoms with Crippen LogP contribution in [0.1, 0.15) is 12.8 Å². The van der Waals surface area contributed by atoms with E-state index in [1.807, 2.05) is 0 Å². The van der Waals surface area contributed by atoms with Crippen molar-refractivity contribution in [2.45, 2.75) is 12.8 Å². The molecule has 202 valence electrons. The minimum absolute atomic E-state index is 0.112. The molecule has 40 heavy (non-hydrogen) atoms. The monoisotopic (exact) mass is 544 g/mol. The van der Waals surface area contributed by atoms with E-state index in [1.165, 1.54) is 61.6 Å². The lowest BCUT2D eigenvalue weighted by molar-refractivity contribution is -0.132. The van der Waals surface area contributed by atoms with E-state index in [2.05, 4.69) is 10.3 Å². The molecule has 2 heterocycles. The molecule has 1 saturated carbocycles. The second-order valence-electron chi connectivity index (χ2n) is 9.69. The molecule has 0 bridgehead atoms. The van der Waals surface area contributed by atoms with Crippen molar-refractivity contribution in [1.29, 1.82) is 0 Å². The van der Waals surface area contributed by atoms with Crippen molar-refractivity contribution in [3.8, 4) is 11.5 Å². The molecule has 0 radical (unpaired) electrons. The van der Waals surface area contributed by atoms with Crippen LogP contribution >= 0.6 is 0 Å². The number of hydrogen-bond acceptors (Lipinski definition) is 6.